The molecule has 3 unspecified atom stereocenters. The maximum absolute atomic E-state index is 13.7. The van der Waals surface area contributed by atoms with E-state index in [0.29, 0.717) is 22.0 Å². The largest absolute Gasteiger partial charge is 0.332 e. The smallest absolute Gasteiger partial charge is 0.306 e. The highest BCUT2D eigenvalue weighted by Crippen LogP contribution is 2.45. The van der Waals surface area contributed by atoms with Gasteiger partial charge in [0.2, 0.25) is 10.0 Å². The van der Waals surface area contributed by atoms with Crippen molar-refractivity contribution in [1.29, 1.82) is 5.26 Å². The molecule has 11 nitrogen and oxygen atoms in total. The van der Waals surface area contributed by atoms with Gasteiger partial charge in [0.05, 0.1) is 33.2 Å². The molecule has 3 aromatic rings. The summed E-state index contributed by atoms with van der Waals surface area (Å²) in [6.45, 7) is -0.0408. The van der Waals surface area contributed by atoms with E-state index in [1.807, 2.05) is 0 Å². The van der Waals surface area contributed by atoms with Gasteiger partial charge in [-0.05, 0) is 30.7 Å². The first-order chi connectivity index (χ1) is 17.6. The summed E-state index contributed by atoms with van der Waals surface area (Å²) >= 11 is 5.84. The predicted octanol–water partition coefficient (Wildman–Crippen LogP) is 3.26. The van der Waals surface area contributed by atoms with Crippen molar-refractivity contribution in [2.24, 2.45) is 0 Å². The Bertz CT molecular complexity index is 1700. The van der Waals surface area contributed by atoms with E-state index in [-0.39, 0.29) is 22.9 Å². The van der Waals surface area contributed by atoms with Gasteiger partial charge in [-0.3, -0.25) is 14.9 Å². The lowest BCUT2D eigenvalue weighted by molar-refractivity contribution is -0.384. The minimum Gasteiger partial charge on any atom is -0.306 e. The quantitative estimate of drug-likeness (QED) is 0.282. The summed E-state index contributed by atoms with van der Waals surface area (Å²) < 4.78 is 28.1. The molecule has 2 bridgehead atoms. The van der Waals surface area contributed by atoms with Crippen LogP contribution in [0.15, 0.2) is 59.5 Å². The fraction of sp³-hybridized carbons (Fsp3) is 0.208. The van der Waals surface area contributed by atoms with E-state index >= 15 is 0 Å². The van der Waals surface area contributed by atoms with Crippen LogP contribution in [0.25, 0.3) is 10.8 Å². The van der Waals surface area contributed by atoms with Crippen LogP contribution in [0.5, 0.6) is 0 Å². The van der Waals surface area contributed by atoms with Gasteiger partial charge in [-0.15, -0.1) is 0 Å². The number of imide groups is 1. The summed E-state index contributed by atoms with van der Waals surface area (Å²) in [5.41, 5.74) is 0.175. The highest BCUT2D eigenvalue weighted by Gasteiger charge is 2.64. The first kappa shape index (κ1) is 23.4. The van der Waals surface area contributed by atoms with Crippen molar-refractivity contribution < 1.29 is 22.9 Å². The number of anilines is 1. The number of halogens is 1. The van der Waals surface area contributed by atoms with Gasteiger partial charge in [0.1, 0.15) is 11.1 Å². The van der Waals surface area contributed by atoms with Crippen molar-refractivity contribution in [2.45, 2.75) is 29.4 Å². The Hall–Kier alpha value is -4.05. The number of carbonyl (C=O) groups excluding carboxylic acids is 2. The van der Waals surface area contributed by atoms with Crippen molar-refractivity contribution in [3.63, 3.8) is 0 Å². The molecular weight excluding hydrogens is 522 g/mol. The summed E-state index contributed by atoms with van der Waals surface area (Å²) in [6.07, 6.45) is 0.277. The standard InChI is InChI=1S/C24H16ClN5O6S/c25-18-7-6-15(10-20(18)30(33)34)37(35,36)27-12-14-9-21(27)22-23(31)29(24(32)28(14)22)19-8-5-13(11-26)16-3-1-2-4-17(16)19/h1-8,10,14,21-22H,9,12H2. The van der Waals surface area contributed by atoms with E-state index in [0.717, 1.165) is 21.3 Å². The van der Waals surface area contributed by atoms with Crippen LogP contribution in [0.1, 0.15) is 12.0 Å². The Morgan fingerprint density at radius 3 is 2.51 bits per heavy atom. The number of amides is 3. The number of hydrogen-bond acceptors (Lipinski definition) is 7. The van der Waals surface area contributed by atoms with Crippen LogP contribution in [0.2, 0.25) is 5.02 Å². The first-order valence-electron chi connectivity index (χ1n) is 11.2. The summed E-state index contributed by atoms with van der Waals surface area (Å²) in [7, 11) is -4.22. The SMILES string of the molecule is N#Cc1ccc(N2C(=O)C3C4CC(CN4S(=O)(=O)c4ccc(Cl)c([N+](=O)[O-])c4)N3C2=O)c2ccccc12. The van der Waals surface area contributed by atoms with E-state index in [1.165, 1.54) is 11.0 Å². The van der Waals surface area contributed by atoms with Crippen LogP contribution in [-0.4, -0.2) is 59.2 Å². The maximum Gasteiger partial charge on any atom is 0.332 e. The average molecular weight is 538 g/mol. The van der Waals surface area contributed by atoms with Crippen molar-refractivity contribution in [1.82, 2.24) is 9.21 Å². The van der Waals surface area contributed by atoms with Crippen molar-refractivity contribution in [2.75, 3.05) is 11.4 Å². The van der Waals surface area contributed by atoms with Gasteiger partial charge in [-0.1, -0.05) is 35.9 Å². The second-order valence-electron chi connectivity index (χ2n) is 9.00. The van der Waals surface area contributed by atoms with Crippen LogP contribution >= 0.6 is 11.6 Å². The van der Waals surface area contributed by atoms with Crippen LogP contribution < -0.4 is 4.90 Å². The monoisotopic (exact) mass is 537 g/mol. The zero-order valence-corrected chi connectivity index (χ0v) is 20.4. The third kappa shape index (κ3) is 3.18. The van der Waals surface area contributed by atoms with Crippen LogP contribution in [0.4, 0.5) is 16.2 Å². The zero-order valence-electron chi connectivity index (χ0n) is 18.8. The zero-order chi connectivity index (χ0) is 26.2. The summed E-state index contributed by atoms with van der Waals surface area (Å²) in [5.74, 6) is -0.561. The molecular formula is C24H16ClN5O6S. The fourth-order valence-corrected chi connectivity index (χ4v) is 7.50. The molecule has 3 amide bonds. The number of nitro groups is 1. The Labute approximate surface area is 215 Å². The molecule has 3 aromatic carbocycles. The van der Waals surface area contributed by atoms with Crippen molar-refractivity contribution in [3.8, 4) is 6.07 Å². The Morgan fingerprint density at radius 2 is 1.81 bits per heavy atom. The molecule has 3 fully saturated rings. The maximum atomic E-state index is 13.7. The predicted molar refractivity (Wildman–Crippen MR) is 131 cm³/mol. The highest BCUT2D eigenvalue weighted by molar-refractivity contribution is 7.89. The summed E-state index contributed by atoms with van der Waals surface area (Å²) in [4.78, 5) is 39.8. The number of benzene rings is 3. The van der Waals surface area contributed by atoms with E-state index in [2.05, 4.69) is 6.07 Å². The Balaban J connectivity index is 1.38. The molecule has 3 saturated heterocycles. The second kappa shape index (κ2) is 7.97. The third-order valence-electron chi connectivity index (χ3n) is 7.20. The van der Waals surface area contributed by atoms with E-state index in [1.54, 1.807) is 36.4 Å². The number of rotatable bonds is 4. The first-order valence-corrected chi connectivity index (χ1v) is 13.0. The molecule has 0 saturated carbocycles. The number of fused-ring (bicyclic) bond motifs is 6. The minimum atomic E-state index is -4.22. The molecule has 13 heteroatoms. The molecule has 0 radical (unpaired) electrons. The molecule has 3 aliphatic rings. The minimum absolute atomic E-state index is 0.0408. The molecule has 37 heavy (non-hydrogen) atoms. The number of nitro benzene ring substituents is 1. The molecule has 0 aliphatic carbocycles. The van der Waals surface area contributed by atoms with E-state index in [4.69, 9.17) is 11.6 Å². The lowest BCUT2D eigenvalue weighted by Crippen LogP contribution is -2.54. The molecule has 186 valence electrons. The van der Waals surface area contributed by atoms with Gasteiger partial charge in [-0.2, -0.15) is 9.57 Å². The van der Waals surface area contributed by atoms with Crippen LogP contribution in [0.3, 0.4) is 0 Å². The summed E-state index contributed by atoms with van der Waals surface area (Å²) in [5, 5.41) is 21.7. The number of urea groups is 1. The molecule has 3 heterocycles. The second-order valence-corrected chi connectivity index (χ2v) is 11.3. The van der Waals surface area contributed by atoms with E-state index < -0.39 is 50.7 Å². The van der Waals surface area contributed by atoms with Crippen LogP contribution in [-0.2, 0) is 14.8 Å². The molecule has 3 atom stereocenters. The third-order valence-corrected chi connectivity index (χ3v) is 9.41. The van der Waals surface area contributed by atoms with Gasteiger partial charge in [0, 0.05) is 29.4 Å². The number of carbonyl (C=O) groups is 2. The number of nitrogens with zero attached hydrogens (tertiary/aromatic N) is 5. The fourth-order valence-electron chi connectivity index (χ4n) is 5.62. The number of piperazine rings is 1. The van der Waals surface area contributed by atoms with Gasteiger partial charge < -0.3 is 4.90 Å². The molecule has 6 rings (SSSR count). The normalized spacial score (nSPS) is 23.1. The Kier molecular flexibility index (Phi) is 5.03. The number of sulfonamides is 1. The van der Waals surface area contributed by atoms with E-state index in [9.17, 15) is 33.4 Å². The van der Waals surface area contributed by atoms with Gasteiger partial charge >= 0.3 is 6.03 Å². The highest BCUT2D eigenvalue weighted by atomic mass is 35.5. The lowest BCUT2D eigenvalue weighted by atomic mass is 10.0. The topological polar surface area (TPSA) is 145 Å². The molecule has 0 aromatic heterocycles. The van der Waals surface area contributed by atoms with Crippen LogP contribution in [0, 0.1) is 21.4 Å². The lowest BCUT2D eigenvalue weighted by Gasteiger charge is -2.34. The summed E-state index contributed by atoms with van der Waals surface area (Å²) in [6, 6.07) is 12.4. The van der Waals surface area contributed by atoms with Gasteiger partial charge in [0.25, 0.3) is 11.6 Å². The molecule has 0 spiro atoms. The number of nitriles is 1. The average Bonchev–Trinajstić information content (AvgIpc) is 3.55. The van der Waals surface area contributed by atoms with Crippen molar-refractivity contribution >= 4 is 55.7 Å². The number of hydrogen-bond donors (Lipinski definition) is 0. The Morgan fingerprint density at radius 1 is 1.08 bits per heavy atom. The van der Waals surface area contributed by atoms with Gasteiger partial charge in [0.15, 0.2) is 0 Å². The molecule has 0 N–H and O–H groups in total. The van der Waals surface area contributed by atoms with Gasteiger partial charge in [-0.25, -0.2) is 18.1 Å². The molecule has 3 aliphatic heterocycles. The van der Waals surface area contributed by atoms with Crippen molar-refractivity contribution in [3.05, 3.63) is 75.3 Å².